The minimum absolute atomic E-state index is 0.617. The van der Waals surface area contributed by atoms with Crippen molar-refractivity contribution in [1.82, 2.24) is 33.6 Å². The van der Waals surface area contributed by atoms with Crippen molar-refractivity contribution >= 4 is 184 Å². The summed E-state index contributed by atoms with van der Waals surface area (Å²) in [7, 11) is 0. The van der Waals surface area contributed by atoms with E-state index in [-0.39, 0.29) is 0 Å². The van der Waals surface area contributed by atoms with Crippen LogP contribution in [0, 0.1) is 0 Å². The summed E-state index contributed by atoms with van der Waals surface area (Å²) >= 11 is 1.83. The van der Waals surface area contributed by atoms with Gasteiger partial charge in [0, 0.05) is 96.9 Å². The van der Waals surface area contributed by atoms with Crippen LogP contribution in [0.1, 0.15) is 0 Å². The number of fused-ring (bicyclic) bond motifs is 24. The molecule has 0 saturated heterocycles. The van der Waals surface area contributed by atoms with E-state index in [4.69, 9.17) is 28.8 Å². The van der Waals surface area contributed by atoms with E-state index in [0.29, 0.717) is 11.9 Å². The van der Waals surface area contributed by atoms with Crippen LogP contribution in [-0.2, 0) is 0 Å². The molecule has 0 spiro atoms. The summed E-state index contributed by atoms with van der Waals surface area (Å²) in [5.74, 6) is 1.26. The van der Waals surface area contributed by atoms with Crippen LogP contribution in [-0.4, -0.2) is 33.6 Å². The van der Waals surface area contributed by atoms with Crippen molar-refractivity contribution in [1.29, 1.82) is 0 Å². The third kappa shape index (κ3) is 9.43. The maximum absolute atomic E-state index is 6.79. The highest BCUT2D eigenvalue weighted by molar-refractivity contribution is 7.26. The fraction of sp³-hybridized carbons (Fsp3) is 0. The van der Waals surface area contributed by atoms with Crippen molar-refractivity contribution < 1.29 is 8.83 Å². The molecule has 0 unspecified atom stereocenters. The molecular weight excluding hydrogens is 1390 g/mol. The average Bonchev–Trinajstić information content (AvgIpc) is 1.54. The minimum atomic E-state index is 0.617. The van der Waals surface area contributed by atoms with Crippen molar-refractivity contribution in [2.75, 3.05) is 0 Å². The van der Waals surface area contributed by atoms with E-state index in [0.717, 1.165) is 171 Å². The maximum atomic E-state index is 6.79. The van der Waals surface area contributed by atoms with Crippen LogP contribution >= 0.6 is 11.3 Å². The molecule has 0 radical (unpaired) electrons. The van der Waals surface area contributed by atoms with Gasteiger partial charge < -0.3 is 13.4 Å². The first-order valence-corrected chi connectivity index (χ1v) is 38.6. The first kappa shape index (κ1) is 62.2. The van der Waals surface area contributed by atoms with Crippen LogP contribution in [0.3, 0.4) is 0 Å². The second-order valence-electron chi connectivity index (χ2n) is 29.1. The zero-order chi connectivity index (χ0) is 73.2. The zero-order valence-corrected chi connectivity index (χ0v) is 60.7. The Hall–Kier alpha value is -14.8. The lowest BCUT2D eigenvalue weighted by atomic mass is 9.94. The second kappa shape index (κ2) is 24.3. The van der Waals surface area contributed by atoms with Crippen molar-refractivity contribution in [2.45, 2.75) is 0 Å². The van der Waals surface area contributed by atoms with E-state index in [1.165, 1.54) is 52.5 Å². The second-order valence-corrected chi connectivity index (χ2v) is 30.1. The summed E-state index contributed by atoms with van der Waals surface area (Å²) < 4.78 is 23.0. The maximum Gasteiger partial charge on any atom is 0.235 e. The largest absolute Gasteiger partial charge is 0.456 e. The van der Waals surface area contributed by atoms with E-state index >= 15 is 0 Å². The lowest BCUT2D eigenvalue weighted by Gasteiger charge is -2.14. The molecule has 25 aromatic rings. The molecule has 25 rings (SSSR count). The number of hydrogen-bond donors (Lipinski definition) is 0. The number of hydrogen-bond acceptors (Lipinski definition) is 7. The molecule has 0 aliphatic rings. The molecule has 0 saturated carbocycles. The van der Waals surface area contributed by atoms with Crippen molar-refractivity contribution in [2.24, 2.45) is 0 Å². The number of nitrogens with zero attached hydrogens (tertiary/aromatic N) is 7. The fourth-order valence-electron chi connectivity index (χ4n) is 17.9. The van der Waals surface area contributed by atoms with E-state index in [2.05, 4.69) is 372 Å². The number of para-hydroxylation sites is 6. The van der Waals surface area contributed by atoms with Gasteiger partial charge in [-0.25, -0.2) is 19.9 Å². The predicted octanol–water partition coefficient (Wildman–Crippen LogP) is 27.7. The van der Waals surface area contributed by atoms with Gasteiger partial charge in [0.1, 0.15) is 22.3 Å². The normalized spacial score (nSPS) is 12.1. The van der Waals surface area contributed by atoms with Gasteiger partial charge in [-0.1, -0.05) is 255 Å². The fourth-order valence-corrected chi connectivity index (χ4v) is 19.2. The summed E-state index contributed by atoms with van der Waals surface area (Å²) in [4.78, 5) is 21.8. The molecule has 10 heteroatoms. The van der Waals surface area contributed by atoms with Gasteiger partial charge in [0.15, 0.2) is 0 Å². The molecule has 0 aliphatic carbocycles. The molecule has 0 fully saturated rings. The van der Waals surface area contributed by atoms with E-state index in [1.54, 1.807) is 0 Å². The van der Waals surface area contributed by atoms with Crippen LogP contribution in [0.2, 0.25) is 0 Å². The first-order valence-electron chi connectivity index (χ1n) is 37.8. The molecule has 520 valence electrons. The van der Waals surface area contributed by atoms with Crippen molar-refractivity contribution in [3.05, 3.63) is 358 Å². The van der Waals surface area contributed by atoms with Crippen LogP contribution in [0.15, 0.2) is 367 Å². The topological polar surface area (TPSA) is 92.6 Å². The SMILES string of the molecule is c1ccc(-c2cc(-c3nc(-n4c5ccccc5c5ccc6c(c7ccccc7n6-c6ccccc6)c54)nc4ccccc34)cc3oc4cc5ccccc5cc4c23)cc1.c1ccc(-c2cc(-c3nc(-n4c5ccccc5c5ccc6c7ccccc7sc6c54)nc4ccccc34)cc3oc4cc5ccccc5cc4c23)cc1. The monoisotopic (exact) mass is 1450 g/mol. The number of benzene rings is 17. The van der Waals surface area contributed by atoms with Gasteiger partial charge in [-0.3, -0.25) is 9.13 Å². The Kier molecular flexibility index (Phi) is 13.5. The van der Waals surface area contributed by atoms with E-state index in [1.807, 2.05) is 11.3 Å². The van der Waals surface area contributed by atoms with Crippen LogP contribution in [0.25, 0.3) is 235 Å². The Morgan fingerprint density at radius 2 is 0.652 bits per heavy atom. The summed E-state index contributed by atoms with van der Waals surface area (Å²) in [6.07, 6.45) is 0. The van der Waals surface area contributed by atoms with Gasteiger partial charge in [-0.2, -0.15) is 0 Å². The third-order valence-electron chi connectivity index (χ3n) is 22.8. The molecule has 0 amide bonds. The summed E-state index contributed by atoms with van der Waals surface area (Å²) in [5.41, 5.74) is 21.0. The molecule has 0 atom stereocenters. The van der Waals surface area contributed by atoms with Gasteiger partial charge in [-0.15, -0.1) is 11.3 Å². The first-order chi connectivity index (χ1) is 55.5. The smallest absolute Gasteiger partial charge is 0.235 e. The van der Waals surface area contributed by atoms with E-state index in [9.17, 15) is 0 Å². The van der Waals surface area contributed by atoms with Crippen molar-refractivity contribution in [3.63, 3.8) is 0 Å². The summed E-state index contributed by atoms with van der Waals surface area (Å²) in [5, 5.41) is 20.6. The summed E-state index contributed by atoms with van der Waals surface area (Å²) in [6.45, 7) is 0. The molecule has 112 heavy (non-hydrogen) atoms. The lowest BCUT2D eigenvalue weighted by molar-refractivity contribution is 0.669. The highest BCUT2D eigenvalue weighted by atomic mass is 32.1. The molecule has 0 bridgehead atoms. The van der Waals surface area contributed by atoms with Gasteiger partial charge in [0.25, 0.3) is 0 Å². The van der Waals surface area contributed by atoms with Gasteiger partial charge in [0.05, 0.1) is 60.2 Å². The Labute approximate surface area is 642 Å². The van der Waals surface area contributed by atoms with Crippen molar-refractivity contribution in [3.8, 4) is 62.4 Å². The highest BCUT2D eigenvalue weighted by Crippen LogP contribution is 2.49. The Morgan fingerprint density at radius 1 is 0.241 bits per heavy atom. The van der Waals surface area contributed by atoms with Crippen LogP contribution in [0.5, 0.6) is 0 Å². The molecule has 0 N–H and O–H groups in total. The number of rotatable bonds is 7. The molecule has 8 aromatic heterocycles. The Bertz CT molecular complexity index is 8270. The quantitative estimate of drug-likeness (QED) is 0.158. The predicted molar refractivity (Wildman–Crippen MR) is 466 cm³/mol. The van der Waals surface area contributed by atoms with Crippen LogP contribution in [0.4, 0.5) is 0 Å². The number of thiophene rings is 1. The molecule has 17 aromatic carbocycles. The molecular formula is C102H59N7O2S. The van der Waals surface area contributed by atoms with Gasteiger partial charge in [0.2, 0.25) is 11.9 Å². The number of aromatic nitrogens is 7. The third-order valence-corrected chi connectivity index (χ3v) is 24.0. The zero-order valence-electron chi connectivity index (χ0n) is 59.9. The molecule has 9 nitrogen and oxygen atoms in total. The standard InChI is InChI=1S/C54H32N4O.C48H27N3OS/c1-3-15-33(16-4-1)42-30-36(32-49-50(42)43-29-34-17-7-8-18-35(34)31-48(43)59-49)52-40-22-9-12-24-44(40)55-54(56-52)58-45-25-13-10-21-38(45)39-27-28-47-51(53(39)58)41-23-11-14-26-46(41)57(47)37-19-5-2-6-20-37;1-2-12-28(13-3-1)37-25-31(27-42-44(37)38-24-29-14-4-5-15-30(29)26-41(38)52-42)45-36-18-6-9-19-39(36)49-48(50-45)51-40-20-10-7-16-32(40)34-22-23-35-33-17-8-11-21-43(33)53-47(35)46(34)51/h1-32H;1-27H. The molecule has 8 heterocycles. The van der Waals surface area contributed by atoms with Crippen LogP contribution < -0.4 is 0 Å². The molecule has 0 aliphatic heterocycles. The average molecular weight is 1450 g/mol. The Morgan fingerprint density at radius 3 is 1.20 bits per heavy atom. The minimum Gasteiger partial charge on any atom is -0.456 e. The lowest BCUT2D eigenvalue weighted by Crippen LogP contribution is -2.04. The highest BCUT2D eigenvalue weighted by Gasteiger charge is 2.27. The van der Waals surface area contributed by atoms with E-state index < -0.39 is 0 Å². The summed E-state index contributed by atoms with van der Waals surface area (Å²) in [6, 6.07) is 127. The Balaban J connectivity index is 0.000000131. The van der Waals surface area contributed by atoms with Gasteiger partial charge >= 0.3 is 0 Å². The van der Waals surface area contributed by atoms with Gasteiger partial charge in [-0.05, 0) is 147 Å². The number of furan rings is 2.